The summed E-state index contributed by atoms with van der Waals surface area (Å²) in [4.78, 5) is 4.40. The van der Waals surface area contributed by atoms with Crippen LogP contribution in [0.5, 0.6) is 0 Å². The number of hydrogen-bond donors (Lipinski definition) is 1. The summed E-state index contributed by atoms with van der Waals surface area (Å²) < 4.78 is 0. The molecule has 102 valence electrons. The Morgan fingerprint density at radius 1 is 1.00 bits per heavy atom. The number of rotatable bonds is 5. The summed E-state index contributed by atoms with van der Waals surface area (Å²) in [5, 5.41) is 4.82. The highest BCUT2D eigenvalue weighted by atomic mass is 14.9. The van der Waals surface area contributed by atoms with E-state index in [9.17, 15) is 0 Å². The van der Waals surface area contributed by atoms with Crippen LogP contribution in [0.4, 0.5) is 5.69 Å². The van der Waals surface area contributed by atoms with Crippen LogP contribution in [0.3, 0.4) is 0 Å². The second kappa shape index (κ2) is 6.05. The number of para-hydroxylation sites is 1. The van der Waals surface area contributed by atoms with Gasteiger partial charge in [-0.2, -0.15) is 0 Å². The van der Waals surface area contributed by atoms with Gasteiger partial charge in [0.25, 0.3) is 0 Å². The summed E-state index contributed by atoms with van der Waals surface area (Å²) in [6.45, 7) is 10.2. The van der Waals surface area contributed by atoms with Gasteiger partial charge in [0.1, 0.15) is 0 Å². The van der Waals surface area contributed by atoms with Crippen LogP contribution in [0.2, 0.25) is 0 Å². The van der Waals surface area contributed by atoms with E-state index in [2.05, 4.69) is 62.3 Å². The molecule has 0 fully saturated rings. The van der Waals surface area contributed by atoms with Gasteiger partial charge in [0.15, 0.2) is 0 Å². The topological polar surface area (TPSA) is 24.9 Å². The molecule has 2 aromatic rings. The number of benzene rings is 1. The molecule has 0 amide bonds. The fraction of sp³-hybridized carbons (Fsp3) is 0.471. The number of pyridine rings is 1. The maximum atomic E-state index is 4.40. The number of nitrogens with one attached hydrogen (secondary N) is 1. The van der Waals surface area contributed by atoms with Crippen LogP contribution >= 0.6 is 0 Å². The smallest absolute Gasteiger partial charge is 0.0722 e. The maximum absolute atomic E-state index is 4.40. The van der Waals surface area contributed by atoms with Gasteiger partial charge in [-0.05, 0) is 29.9 Å². The quantitative estimate of drug-likeness (QED) is 0.847. The normalized spacial score (nSPS) is 11.7. The SMILES string of the molecule is CC(C)C(CNc1ccnc2ccccc12)C(C)C. The zero-order valence-electron chi connectivity index (χ0n) is 12.4. The van der Waals surface area contributed by atoms with Crippen LogP contribution in [0.1, 0.15) is 27.7 Å². The van der Waals surface area contributed by atoms with Gasteiger partial charge in [0, 0.05) is 23.8 Å². The number of aromatic nitrogens is 1. The van der Waals surface area contributed by atoms with E-state index in [4.69, 9.17) is 0 Å². The maximum Gasteiger partial charge on any atom is 0.0722 e. The van der Waals surface area contributed by atoms with Crippen molar-refractivity contribution in [1.29, 1.82) is 0 Å². The highest BCUT2D eigenvalue weighted by Gasteiger charge is 2.17. The molecule has 2 heteroatoms. The molecule has 0 aliphatic carbocycles. The van der Waals surface area contributed by atoms with Crippen molar-refractivity contribution in [2.75, 3.05) is 11.9 Å². The van der Waals surface area contributed by atoms with Crippen molar-refractivity contribution in [2.24, 2.45) is 17.8 Å². The van der Waals surface area contributed by atoms with Crippen molar-refractivity contribution in [3.63, 3.8) is 0 Å². The summed E-state index contributed by atoms with van der Waals surface area (Å²) in [6.07, 6.45) is 1.88. The second-order valence-electron chi connectivity index (χ2n) is 5.91. The minimum absolute atomic E-state index is 0.687. The first-order chi connectivity index (χ1) is 9.09. The first-order valence-corrected chi connectivity index (χ1v) is 7.17. The highest BCUT2D eigenvalue weighted by Crippen LogP contribution is 2.24. The molecule has 0 aliphatic heterocycles. The molecular weight excluding hydrogens is 232 g/mol. The average molecular weight is 256 g/mol. The van der Waals surface area contributed by atoms with Gasteiger partial charge in [0.05, 0.1) is 5.52 Å². The Kier molecular flexibility index (Phi) is 4.41. The second-order valence-corrected chi connectivity index (χ2v) is 5.91. The Labute approximate surface area is 116 Å². The molecule has 2 nitrogen and oxygen atoms in total. The third-order valence-corrected chi connectivity index (χ3v) is 3.89. The summed E-state index contributed by atoms with van der Waals surface area (Å²) in [5.74, 6) is 2.08. The molecule has 2 rings (SSSR count). The third kappa shape index (κ3) is 3.25. The minimum atomic E-state index is 0.687. The molecule has 1 N–H and O–H groups in total. The zero-order valence-corrected chi connectivity index (χ0v) is 12.4. The van der Waals surface area contributed by atoms with Crippen molar-refractivity contribution in [3.8, 4) is 0 Å². The van der Waals surface area contributed by atoms with Crippen LogP contribution in [0.25, 0.3) is 10.9 Å². The van der Waals surface area contributed by atoms with E-state index in [-0.39, 0.29) is 0 Å². The van der Waals surface area contributed by atoms with E-state index in [1.54, 1.807) is 0 Å². The molecule has 1 aromatic heterocycles. The molecule has 0 radical (unpaired) electrons. The fourth-order valence-corrected chi connectivity index (χ4v) is 2.72. The van der Waals surface area contributed by atoms with Crippen molar-refractivity contribution in [2.45, 2.75) is 27.7 Å². The van der Waals surface area contributed by atoms with E-state index in [1.807, 2.05) is 12.3 Å². The molecule has 0 spiro atoms. The molecule has 1 heterocycles. The van der Waals surface area contributed by atoms with E-state index in [0.717, 1.165) is 12.1 Å². The number of nitrogens with zero attached hydrogens (tertiary/aromatic N) is 1. The predicted molar refractivity (Wildman–Crippen MR) is 83.4 cm³/mol. The van der Waals surface area contributed by atoms with Crippen LogP contribution in [-0.2, 0) is 0 Å². The van der Waals surface area contributed by atoms with Crippen LogP contribution in [0.15, 0.2) is 36.5 Å². The Bertz CT molecular complexity index is 518. The Morgan fingerprint density at radius 3 is 2.37 bits per heavy atom. The van der Waals surface area contributed by atoms with Crippen molar-refractivity contribution in [1.82, 2.24) is 4.98 Å². The Morgan fingerprint density at radius 2 is 1.68 bits per heavy atom. The average Bonchev–Trinajstić information content (AvgIpc) is 2.38. The van der Waals surface area contributed by atoms with E-state index in [0.29, 0.717) is 17.8 Å². The first-order valence-electron chi connectivity index (χ1n) is 7.17. The van der Waals surface area contributed by atoms with E-state index >= 15 is 0 Å². The molecule has 0 atom stereocenters. The van der Waals surface area contributed by atoms with Gasteiger partial charge >= 0.3 is 0 Å². The summed E-state index contributed by atoms with van der Waals surface area (Å²) in [6, 6.07) is 10.4. The summed E-state index contributed by atoms with van der Waals surface area (Å²) >= 11 is 0. The molecule has 0 saturated heterocycles. The van der Waals surface area contributed by atoms with E-state index in [1.165, 1.54) is 11.1 Å². The fourth-order valence-electron chi connectivity index (χ4n) is 2.72. The molecule has 1 aromatic carbocycles. The highest BCUT2D eigenvalue weighted by molar-refractivity contribution is 5.90. The van der Waals surface area contributed by atoms with Crippen molar-refractivity contribution < 1.29 is 0 Å². The lowest BCUT2D eigenvalue weighted by atomic mass is 9.85. The van der Waals surface area contributed by atoms with Gasteiger partial charge in [-0.25, -0.2) is 0 Å². The zero-order chi connectivity index (χ0) is 13.8. The number of hydrogen-bond acceptors (Lipinski definition) is 2. The number of anilines is 1. The van der Waals surface area contributed by atoms with Gasteiger partial charge < -0.3 is 5.32 Å². The van der Waals surface area contributed by atoms with Gasteiger partial charge in [-0.1, -0.05) is 45.9 Å². The third-order valence-electron chi connectivity index (χ3n) is 3.89. The predicted octanol–water partition coefficient (Wildman–Crippen LogP) is 4.57. The van der Waals surface area contributed by atoms with E-state index < -0.39 is 0 Å². The van der Waals surface area contributed by atoms with Crippen molar-refractivity contribution in [3.05, 3.63) is 36.5 Å². The lowest BCUT2D eigenvalue weighted by Gasteiger charge is -2.25. The summed E-state index contributed by atoms with van der Waals surface area (Å²) in [7, 11) is 0. The lowest BCUT2D eigenvalue weighted by Crippen LogP contribution is -2.24. The Hall–Kier alpha value is -1.57. The first kappa shape index (κ1) is 13.9. The molecule has 0 saturated carbocycles. The standard InChI is InChI=1S/C17H24N2/c1-12(2)15(13(3)4)11-19-17-9-10-18-16-8-6-5-7-14(16)17/h5-10,12-13,15H,11H2,1-4H3,(H,18,19). The van der Waals surface area contributed by atoms with Gasteiger partial charge in [0.2, 0.25) is 0 Å². The minimum Gasteiger partial charge on any atom is -0.384 e. The van der Waals surface area contributed by atoms with Crippen LogP contribution in [0, 0.1) is 17.8 Å². The molecule has 0 unspecified atom stereocenters. The van der Waals surface area contributed by atoms with Crippen molar-refractivity contribution >= 4 is 16.6 Å². The van der Waals surface area contributed by atoms with Crippen LogP contribution < -0.4 is 5.32 Å². The van der Waals surface area contributed by atoms with Gasteiger partial charge in [-0.3, -0.25) is 4.98 Å². The molecule has 0 aliphatic rings. The molecular formula is C17H24N2. The monoisotopic (exact) mass is 256 g/mol. The summed E-state index contributed by atoms with van der Waals surface area (Å²) in [5.41, 5.74) is 2.25. The molecule has 0 bridgehead atoms. The molecule has 19 heavy (non-hydrogen) atoms. The van der Waals surface area contributed by atoms with Crippen LogP contribution in [-0.4, -0.2) is 11.5 Å². The Balaban J connectivity index is 2.17. The lowest BCUT2D eigenvalue weighted by molar-refractivity contribution is 0.304. The largest absolute Gasteiger partial charge is 0.384 e. The number of fused-ring (bicyclic) bond motifs is 1. The van der Waals surface area contributed by atoms with Gasteiger partial charge in [-0.15, -0.1) is 0 Å².